The Labute approximate surface area is 150 Å². The van der Waals surface area contributed by atoms with Gasteiger partial charge >= 0.3 is 0 Å². The fourth-order valence-corrected chi connectivity index (χ4v) is 4.48. The number of carbonyl (C=O) groups is 1. The molecular formula is C18H18F2N2O3S. The molecule has 0 aliphatic carbocycles. The molecule has 8 heteroatoms. The maximum absolute atomic E-state index is 13.3. The number of anilines is 1. The standard InChI is InChI=1S/C18H18F2N2O3S/c19-16-9-8-14(11-17(16)20)21-18(23)13-5-4-10-22(12-13)26(24,25)15-6-2-1-3-7-15/h1-3,6-9,11,13H,4-5,10,12H2,(H,21,23)/t13-/m0/s1. The Bertz CT molecular complexity index is 904. The number of benzene rings is 2. The minimum Gasteiger partial charge on any atom is -0.326 e. The first-order valence-corrected chi connectivity index (χ1v) is 9.63. The third kappa shape index (κ3) is 3.91. The van der Waals surface area contributed by atoms with Gasteiger partial charge in [0, 0.05) is 24.8 Å². The van der Waals surface area contributed by atoms with Crippen LogP contribution in [0.1, 0.15) is 12.8 Å². The van der Waals surface area contributed by atoms with Gasteiger partial charge in [-0.3, -0.25) is 4.79 Å². The van der Waals surface area contributed by atoms with E-state index in [1.54, 1.807) is 18.2 Å². The van der Waals surface area contributed by atoms with Gasteiger partial charge in [-0.25, -0.2) is 17.2 Å². The minimum atomic E-state index is -3.67. The van der Waals surface area contributed by atoms with Crippen molar-refractivity contribution < 1.29 is 22.0 Å². The molecule has 26 heavy (non-hydrogen) atoms. The van der Waals surface area contributed by atoms with Crippen molar-refractivity contribution in [3.05, 3.63) is 60.2 Å². The monoisotopic (exact) mass is 380 g/mol. The molecule has 138 valence electrons. The predicted molar refractivity (Wildman–Crippen MR) is 92.9 cm³/mol. The first kappa shape index (κ1) is 18.5. The summed E-state index contributed by atoms with van der Waals surface area (Å²) in [6.07, 6.45) is 1.07. The smallest absolute Gasteiger partial charge is 0.243 e. The molecular weight excluding hydrogens is 362 g/mol. The molecule has 2 aromatic rings. The van der Waals surface area contributed by atoms with Crippen molar-refractivity contribution in [2.45, 2.75) is 17.7 Å². The fraction of sp³-hybridized carbons (Fsp3) is 0.278. The number of carbonyl (C=O) groups excluding carboxylic acids is 1. The van der Waals surface area contributed by atoms with Crippen LogP contribution in [0.4, 0.5) is 14.5 Å². The summed E-state index contributed by atoms with van der Waals surface area (Å²) < 4.78 is 52.9. The maximum Gasteiger partial charge on any atom is 0.243 e. The quantitative estimate of drug-likeness (QED) is 0.887. The highest BCUT2D eigenvalue weighted by Crippen LogP contribution is 2.25. The molecule has 1 heterocycles. The first-order chi connectivity index (χ1) is 12.4. The zero-order chi connectivity index (χ0) is 18.7. The Morgan fingerprint density at radius 2 is 1.81 bits per heavy atom. The lowest BCUT2D eigenvalue weighted by Crippen LogP contribution is -2.43. The summed E-state index contributed by atoms with van der Waals surface area (Å²) in [4.78, 5) is 12.6. The maximum atomic E-state index is 13.3. The highest BCUT2D eigenvalue weighted by atomic mass is 32.2. The lowest BCUT2D eigenvalue weighted by Gasteiger charge is -2.31. The van der Waals surface area contributed by atoms with Gasteiger partial charge in [0.25, 0.3) is 0 Å². The molecule has 0 unspecified atom stereocenters. The van der Waals surface area contributed by atoms with Crippen molar-refractivity contribution in [2.75, 3.05) is 18.4 Å². The number of nitrogens with one attached hydrogen (secondary N) is 1. The molecule has 1 amide bonds. The number of amides is 1. The molecule has 3 rings (SSSR count). The summed E-state index contributed by atoms with van der Waals surface area (Å²) in [6, 6.07) is 11.1. The first-order valence-electron chi connectivity index (χ1n) is 8.19. The van der Waals surface area contributed by atoms with E-state index in [0.29, 0.717) is 19.4 Å². The van der Waals surface area contributed by atoms with Gasteiger partial charge in [-0.05, 0) is 37.1 Å². The fourth-order valence-electron chi connectivity index (χ4n) is 2.93. The van der Waals surface area contributed by atoms with Crippen LogP contribution in [0.3, 0.4) is 0 Å². The van der Waals surface area contributed by atoms with E-state index in [1.807, 2.05) is 0 Å². The normalized spacial score (nSPS) is 18.5. The lowest BCUT2D eigenvalue weighted by molar-refractivity contribution is -0.120. The van der Waals surface area contributed by atoms with E-state index in [0.717, 1.165) is 12.1 Å². The number of nitrogens with zero attached hydrogens (tertiary/aromatic N) is 1. The molecule has 1 atom stereocenters. The van der Waals surface area contributed by atoms with E-state index in [9.17, 15) is 22.0 Å². The van der Waals surface area contributed by atoms with Gasteiger partial charge < -0.3 is 5.32 Å². The van der Waals surface area contributed by atoms with Crippen molar-refractivity contribution in [3.8, 4) is 0 Å². The summed E-state index contributed by atoms with van der Waals surface area (Å²) in [6.45, 7) is 0.388. The Morgan fingerprint density at radius 3 is 2.50 bits per heavy atom. The molecule has 1 saturated heterocycles. The van der Waals surface area contributed by atoms with Crippen molar-refractivity contribution in [3.63, 3.8) is 0 Å². The average molecular weight is 380 g/mol. The number of halogens is 2. The van der Waals surface area contributed by atoms with E-state index in [-0.39, 0.29) is 17.1 Å². The molecule has 0 saturated carbocycles. The minimum absolute atomic E-state index is 0.0484. The Balaban J connectivity index is 1.71. The van der Waals surface area contributed by atoms with E-state index >= 15 is 0 Å². The van der Waals surface area contributed by atoms with Gasteiger partial charge in [0.05, 0.1) is 10.8 Å². The molecule has 0 bridgehead atoms. The third-order valence-electron chi connectivity index (χ3n) is 4.32. The number of hydrogen-bond acceptors (Lipinski definition) is 3. The van der Waals surface area contributed by atoms with Crippen LogP contribution in [0, 0.1) is 17.6 Å². The van der Waals surface area contributed by atoms with Crippen LogP contribution in [0.5, 0.6) is 0 Å². The topological polar surface area (TPSA) is 66.5 Å². The number of piperidine rings is 1. The average Bonchev–Trinajstić information content (AvgIpc) is 2.65. The number of hydrogen-bond donors (Lipinski definition) is 1. The second-order valence-corrected chi connectivity index (χ2v) is 8.07. The second-order valence-electron chi connectivity index (χ2n) is 6.13. The molecule has 0 spiro atoms. The predicted octanol–water partition coefficient (Wildman–Crippen LogP) is 3.00. The van der Waals surface area contributed by atoms with Crippen LogP contribution in [-0.2, 0) is 14.8 Å². The summed E-state index contributed by atoms with van der Waals surface area (Å²) >= 11 is 0. The highest BCUT2D eigenvalue weighted by Gasteiger charge is 2.33. The van der Waals surface area contributed by atoms with Gasteiger partial charge in [0.1, 0.15) is 0 Å². The zero-order valence-electron chi connectivity index (χ0n) is 13.9. The van der Waals surface area contributed by atoms with Crippen molar-refractivity contribution in [2.24, 2.45) is 5.92 Å². The van der Waals surface area contributed by atoms with E-state index in [1.165, 1.54) is 22.5 Å². The molecule has 5 nitrogen and oxygen atoms in total. The van der Waals surface area contributed by atoms with Crippen LogP contribution in [0.15, 0.2) is 53.4 Å². The van der Waals surface area contributed by atoms with E-state index in [4.69, 9.17) is 0 Å². The molecule has 2 aromatic carbocycles. The summed E-state index contributed by atoms with van der Waals surface area (Å²) in [5, 5.41) is 2.52. The summed E-state index contributed by atoms with van der Waals surface area (Å²) in [7, 11) is -3.67. The van der Waals surface area contributed by atoms with Gasteiger partial charge in [-0.2, -0.15) is 4.31 Å². The van der Waals surface area contributed by atoms with Crippen molar-refractivity contribution in [1.29, 1.82) is 0 Å². The largest absolute Gasteiger partial charge is 0.326 e. The second kappa shape index (κ2) is 7.51. The zero-order valence-corrected chi connectivity index (χ0v) is 14.7. The Kier molecular flexibility index (Phi) is 5.33. The number of sulfonamides is 1. The van der Waals surface area contributed by atoms with E-state index in [2.05, 4.69) is 5.32 Å². The molecule has 0 radical (unpaired) electrons. The highest BCUT2D eigenvalue weighted by molar-refractivity contribution is 7.89. The number of rotatable bonds is 4. The van der Waals surface area contributed by atoms with Crippen molar-refractivity contribution in [1.82, 2.24) is 4.31 Å². The molecule has 1 fully saturated rings. The Morgan fingerprint density at radius 1 is 1.08 bits per heavy atom. The van der Waals surface area contributed by atoms with Crippen LogP contribution >= 0.6 is 0 Å². The molecule has 0 aromatic heterocycles. The molecule has 1 N–H and O–H groups in total. The van der Waals surface area contributed by atoms with E-state index < -0.39 is 33.5 Å². The SMILES string of the molecule is O=C(Nc1ccc(F)c(F)c1)[C@H]1CCCN(S(=O)(=O)c2ccccc2)C1. The van der Waals surface area contributed by atoms with Crippen LogP contribution in [-0.4, -0.2) is 31.7 Å². The third-order valence-corrected chi connectivity index (χ3v) is 6.20. The van der Waals surface area contributed by atoms with Gasteiger partial charge in [0.15, 0.2) is 11.6 Å². The van der Waals surface area contributed by atoms with Crippen LogP contribution in [0.2, 0.25) is 0 Å². The van der Waals surface area contributed by atoms with Crippen LogP contribution in [0.25, 0.3) is 0 Å². The van der Waals surface area contributed by atoms with Gasteiger partial charge in [0.2, 0.25) is 15.9 Å². The van der Waals surface area contributed by atoms with Gasteiger partial charge in [-0.1, -0.05) is 18.2 Å². The lowest BCUT2D eigenvalue weighted by atomic mass is 9.98. The summed E-state index contributed by atoms with van der Waals surface area (Å²) in [5.41, 5.74) is 0.136. The van der Waals surface area contributed by atoms with Gasteiger partial charge in [-0.15, -0.1) is 0 Å². The van der Waals surface area contributed by atoms with Crippen molar-refractivity contribution >= 4 is 21.6 Å². The molecule has 1 aliphatic rings. The molecule has 1 aliphatic heterocycles. The summed E-state index contributed by atoms with van der Waals surface area (Å²) in [5.74, 6) is -3.03. The van der Waals surface area contributed by atoms with Crippen LogP contribution < -0.4 is 5.32 Å². The Hall–Kier alpha value is -2.32.